The number of hydrogen-bond donors (Lipinski definition) is 2. The quantitative estimate of drug-likeness (QED) is 0.539. The van der Waals surface area contributed by atoms with Gasteiger partial charge in [0, 0.05) is 6.61 Å². The van der Waals surface area contributed by atoms with Gasteiger partial charge >= 0.3 is 0 Å². The van der Waals surface area contributed by atoms with Gasteiger partial charge in [-0.1, -0.05) is 25.5 Å². The molecule has 114 valence electrons. The first-order valence-electron chi connectivity index (χ1n) is 7.46. The number of nitrogens with one attached hydrogen (secondary N) is 1. The Hall–Kier alpha value is -1.10. The maximum absolute atomic E-state index is 5.83. The van der Waals surface area contributed by atoms with Crippen molar-refractivity contribution < 1.29 is 9.47 Å². The lowest BCUT2D eigenvalue weighted by Crippen LogP contribution is -2.38. The summed E-state index contributed by atoms with van der Waals surface area (Å²) in [4.78, 5) is 0. The molecule has 3 N–H and O–H groups in total. The van der Waals surface area contributed by atoms with Gasteiger partial charge in [-0.25, -0.2) is 0 Å². The smallest absolute Gasteiger partial charge is 0.120 e. The average Bonchev–Trinajstić information content (AvgIpc) is 2.40. The van der Waals surface area contributed by atoms with Gasteiger partial charge in [-0.05, 0) is 44.9 Å². The normalized spacial score (nSPS) is 14.3. The lowest BCUT2D eigenvalue weighted by atomic mass is 9.98. The molecule has 20 heavy (non-hydrogen) atoms. The highest BCUT2D eigenvalue weighted by molar-refractivity contribution is 5.31. The van der Waals surface area contributed by atoms with Crippen LogP contribution in [0.3, 0.4) is 0 Å². The zero-order valence-corrected chi connectivity index (χ0v) is 13.1. The molecule has 2 atom stereocenters. The molecule has 0 aromatic heterocycles. The van der Waals surface area contributed by atoms with Gasteiger partial charge in [-0.2, -0.15) is 0 Å². The molecule has 4 nitrogen and oxygen atoms in total. The fourth-order valence-corrected chi connectivity index (χ4v) is 2.32. The minimum absolute atomic E-state index is 0.0226. The number of hydrazine groups is 1. The van der Waals surface area contributed by atoms with Crippen molar-refractivity contribution in [1.82, 2.24) is 5.43 Å². The van der Waals surface area contributed by atoms with Gasteiger partial charge in [0.05, 0.1) is 18.2 Å². The summed E-state index contributed by atoms with van der Waals surface area (Å²) in [6.45, 7) is 8.88. The number of hydrogen-bond acceptors (Lipinski definition) is 4. The fraction of sp³-hybridized carbons (Fsp3) is 0.625. The summed E-state index contributed by atoms with van der Waals surface area (Å²) < 4.78 is 11.6. The molecule has 0 aliphatic carbocycles. The number of benzene rings is 1. The molecule has 0 aliphatic heterocycles. The second-order valence-electron chi connectivity index (χ2n) is 5.17. The van der Waals surface area contributed by atoms with E-state index in [-0.39, 0.29) is 18.2 Å². The van der Waals surface area contributed by atoms with Gasteiger partial charge in [0.15, 0.2) is 0 Å². The summed E-state index contributed by atoms with van der Waals surface area (Å²) >= 11 is 0. The Labute approximate surface area is 122 Å². The van der Waals surface area contributed by atoms with Crippen LogP contribution in [0.5, 0.6) is 5.75 Å². The second kappa shape index (κ2) is 8.95. The summed E-state index contributed by atoms with van der Waals surface area (Å²) in [5.74, 6) is 6.61. The van der Waals surface area contributed by atoms with Crippen molar-refractivity contribution in [2.45, 2.75) is 58.8 Å². The van der Waals surface area contributed by atoms with Crippen LogP contribution in [0.15, 0.2) is 24.3 Å². The van der Waals surface area contributed by atoms with Crippen LogP contribution in [0.2, 0.25) is 0 Å². The van der Waals surface area contributed by atoms with Crippen molar-refractivity contribution in [3.8, 4) is 5.75 Å². The summed E-state index contributed by atoms with van der Waals surface area (Å²) in [6.07, 6.45) is 2.26. The summed E-state index contributed by atoms with van der Waals surface area (Å²) in [5.41, 5.74) is 3.98. The maximum atomic E-state index is 5.83. The van der Waals surface area contributed by atoms with Crippen LogP contribution in [0.25, 0.3) is 0 Å². The SMILES string of the molecule is CCCC(OCC)C(NN)c1cccc(OC(C)C)c1. The van der Waals surface area contributed by atoms with Crippen LogP contribution in [0, 0.1) is 0 Å². The van der Waals surface area contributed by atoms with Crippen molar-refractivity contribution >= 4 is 0 Å². The molecule has 1 rings (SSSR count). The highest BCUT2D eigenvalue weighted by Gasteiger charge is 2.22. The Morgan fingerprint density at radius 3 is 2.55 bits per heavy atom. The predicted octanol–water partition coefficient (Wildman–Crippen LogP) is 3.18. The first kappa shape index (κ1) is 17.0. The Kier molecular flexibility index (Phi) is 7.59. The molecule has 0 saturated carbocycles. The van der Waals surface area contributed by atoms with Crippen LogP contribution < -0.4 is 16.0 Å². The first-order chi connectivity index (χ1) is 9.62. The first-order valence-corrected chi connectivity index (χ1v) is 7.46. The lowest BCUT2D eigenvalue weighted by molar-refractivity contribution is 0.0275. The van der Waals surface area contributed by atoms with Crippen LogP contribution >= 0.6 is 0 Å². The minimum atomic E-state index is -0.0226. The summed E-state index contributed by atoms with van der Waals surface area (Å²) in [7, 11) is 0. The molecule has 0 aliphatic rings. The van der Waals surface area contributed by atoms with E-state index < -0.39 is 0 Å². The van der Waals surface area contributed by atoms with Gasteiger partial charge in [-0.3, -0.25) is 11.3 Å². The van der Waals surface area contributed by atoms with E-state index in [1.807, 2.05) is 39.0 Å². The third-order valence-corrected chi connectivity index (χ3v) is 3.09. The molecule has 0 spiro atoms. The molecule has 0 heterocycles. The zero-order chi connectivity index (χ0) is 15.0. The summed E-state index contributed by atoms with van der Waals surface area (Å²) in [5, 5.41) is 0. The Balaban J connectivity index is 2.91. The largest absolute Gasteiger partial charge is 0.491 e. The molecule has 2 unspecified atom stereocenters. The van der Waals surface area contributed by atoms with E-state index in [4.69, 9.17) is 15.3 Å². The van der Waals surface area contributed by atoms with Crippen molar-refractivity contribution in [3.05, 3.63) is 29.8 Å². The van der Waals surface area contributed by atoms with Crippen LogP contribution in [-0.2, 0) is 4.74 Å². The van der Waals surface area contributed by atoms with Gasteiger partial charge in [0.25, 0.3) is 0 Å². The molecule has 1 aromatic rings. The third-order valence-electron chi connectivity index (χ3n) is 3.09. The summed E-state index contributed by atoms with van der Waals surface area (Å²) in [6, 6.07) is 8.02. The molecule has 0 amide bonds. The van der Waals surface area contributed by atoms with E-state index >= 15 is 0 Å². The maximum Gasteiger partial charge on any atom is 0.120 e. The van der Waals surface area contributed by atoms with Gasteiger partial charge in [0.1, 0.15) is 5.75 Å². The molecule has 0 bridgehead atoms. The van der Waals surface area contributed by atoms with Gasteiger partial charge < -0.3 is 9.47 Å². The molecule has 1 aromatic carbocycles. The van der Waals surface area contributed by atoms with Crippen LogP contribution in [0.1, 0.15) is 52.1 Å². The van der Waals surface area contributed by atoms with Gasteiger partial charge in [-0.15, -0.1) is 0 Å². The van der Waals surface area contributed by atoms with Crippen molar-refractivity contribution in [3.63, 3.8) is 0 Å². The lowest BCUT2D eigenvalue weighted by Gasteiger charge is -2.27. The van der Waals surface area contributed by atoms with E-state index in [1.54, 1.807) is 0 Å². The average molecular weight is 280 g/mol. The minimum Gasteiger partial charge on any atom is -0.491 e. The van der Waals surface area contributed by atoms with E-state index in [9.17, 15) is 0 Å². The number of nitrogens with two attached hydrogens (primary N) is 1. The Morgan fingerprint density at radius 2 is 2.00 bits per heavy atom. The van der Waals surface area contributed by atoms with E-state index in [2.05, 4.69) is 18.4 Å². The molecule has 4 heteroatoms. The Bertz CT molecular complexity index is 376. The molecular weight excluding hydrogens is 252 g/mol. The third kappa shape index (κ3) is 5.12. The van der Waals surface area contributed by atoms with Gasteiger partial charge in [0.2, 0.25) is 0 Å². The van der Waals surface area contributed by atoms with Crippen molar-refractivity contribution in [2.75, 3.05) is 6.61 Å². The molecule has 0 radical (unpaired) electrons. The van der Waals surface area contributed by atoms with E-state index in [0.717, 1.165) is 24.2 Å². The molecular formula is C16H28N2O2. The van der Waals surface area contributed by atoms with E-state index in [0.29, 0.717) is 6.61 Å². The predicted molar refractivity (Wildman–Crippen MR) is 82.6 cm³/mol. The zero-order valence-electron chi connectivity index (χ0n) is 13.1. The second-order valence-corrected chi connectivity index (χ2v) is 5.17. The van der Waals surface area contributed by atoms with E-state index in [1.165, 1.54) is 0 Å². The van der Waals surface area contributed by atoms with Crippen LogP contribution in [-0.4, -0.2) is 18.8 Å². The number of rotatable bonds is 9. The molecule has 0 saturated heterocycles. The van der Waals surface area contributed by atoms with Crippen molar-refractivity contribution in [1.29, 1.82) is 0 Å². The fourth-order valence-electron chi connectivity index (χ4n) is 2.32. The number of ether oxygens (including phenoxy) is 2. The van der Waals surface area contributed by atoms with Crippen molar-refractivity contribution in [2.24, 2.45) is 5.84 Å². The molecule has 0 fully saturated rings. The standard InChI is InChI=1S/C16H28N2O2/c1-5-8-15(19-6-2)16(18-17)13-9-7-10-14(11-13)20-12(3)4/h7,9-12,15-16,18H,5-6,8,17H2,1-4H3. The van der Waals surface area contributed by atoms with Crippen LogP contribution in [0.4, 0.5) is 0 Å². The highest BCUT2D eigenvalue weighted by Crippen LogP contribution is 2.25. The highest BCUT2D eigenvalue weighted by atomic mass is 16.5. The Morgan fingerprint density at radius 1 is 1.25 bits per heavy atom. The monoisotopic (exact) mass is 280 g/mol. The topological polar surface area (TPSA) is 56.5 Å².